The minimum absolute atomic E-state index is 0.403. The lowest BCUT2D eigenvalue weighted by molar-refractivity contribution is 0.0658. The maximum atomic E-state index is 5.93. The average molecular weight is 282 g/mol. The first-order chi connectivity index (χ1) is 9.33. The van der Waals surface area contributed by atoms with E-state index < -0.39 is 0 Å². The van der Waals surface area contributed by atoms with Crippen LogP contribution in [0.2, 0.25) is 5.15 Å². The zero-order valence-corrected chi connectivity index (χ0v) is 11.3. The van der Waals surface area contributed by atoms with Crippen LogP contribution in [0.25, 0.3) is 5.78 Å². The summed E-state index contributed by atoms with van der Waals surface area (Å²) < 4.78 is 7.42. The van der Waals surface area contributed by atoms with Crippen molar-refractivity contribution in [3.63, 3.8) is 0 Å². The molecule has 0 radical (unpaired) electrons. The predicted octanol–water partition coefficient (Wildman–Crippen LogP) is 2.15. The normalized spacial score (nSPS) is 16.3. The number of hydrogen-bond acceptors (Lipinski definition) is 5. The van der Waals surface area contributed by atoms with E-state index in [9.17, 15) is 0 Å². The number of ether oxygens (including phenoxy) is 1. The molecular weight excluding hydrogens is 266 g/mol. The molecule has 1 aliphatic rings. The molecule has 2 heterocycles. The minimum atomic E-state index is 0.403. The number of nitrogens with one attached hydrogen (secondary N) is 1. The molecule has 7 heteroatoms. The van der Waals surface area contributed by atoms with E-state index in [1.54, 1.807) is 10.6 Å². The number of fused-ring (bicyclic) bond motifs is 1. The van der Waals surface area contributed by atoms with E-state index in [1.165, 1.54) is 32.0 Å². The summed E-state index contributed by atoms with van der Waals surface area (Å²) in [6, 6.07) is 1.73. The summed E-state index contributed by atoms with van der Waals surface area (Å²) >= 11 is 5.93. The van der Waals surface area contributed by atoms with Crippen molar-refractivity contribution in [2.75, 3.05) is 18.5 Å². The molecule has 1 fully saturated rings. The molecule has 0 atom stereocenters. The van der Waals surface area contributed by atoms with Gasteiger partial charge in [-0.05, 0) is 12.8 Å². The van der Waals surface area contributed by atoms with Gasteiger partial charge in [0, 0.05) is 12.6 Å². The molecule has 2 aromatic heterocycles. The second-order valence-corrected chi connectivity index (χ2v) is 5.03. The molecule has 1 N–H and O–H groups in total. The van der Waals surface area contributed by atoms with Crippen molar-refractivity contribution in [1.82, 2.24) is 19.6 Å². The first-order valence-electron chi connectivity index (χ1n) is 6.55. The van der Waals surface area contributed by atoms with Crippen LogP contribution in [0.1, 0.15) is 25.7 Å². The summed E-state index contributed by atoms with van der Waals surface area (Å²) in [5.41, 5.74) is 0. The number of nitrogens with zero attached hydrogens (tertiary/aromatic N) is 4. The summed E-state index contributed by atoms with van der Waals surface area (Å²) in [5.74, 6) is 1.27. The van der Waals surface area contributed by atoms with Crippen LogP contribution in [-0.4, -0.2) is 38.8 Å². The smallest absolute Gasteiger partial charge is 0.255 e. The molecule has 1 aliphatic carbocycles. The Morgan fingerprint density at radius 2 is 2.26 bits per heavy atom. The lowest BCUT2D eigenvalue weighted by atomic mass is 10.3. The summed E-state index contributed by atoms with van der Waals surface area (Å²) in [6.07, 6.45) is 6.85. The predicted molar refractivity (Wildman–Crippen MR) is 72.5 cm³/mol. The Labute approximate surface area is 116 Å². The van der Waals surface area contributed by atoms with Gasteiger partial charge in [-0.3, -0.25) is 0 Å². The van der Waals surface area contributed by atoms with Crippen molar-refractivity contribution >= 4 is 23.2 Å². The molecule has 2 aromatic rings. The Hall–Kier alpha value is -1.40. The zero-order valence-electron chi connectivity index (χ0n) is 10.5. The van der Waals surface area contributed by atoms with E-state index in [-0.39, 0.29) is 0 Å². The third-order valence-electron chi connectivity index (χ3n) is 3.28. The monoisotopic (exact) mass is 281 g/mol. The standard InChI is InChI=1S/C12H16ClN5O/c13-10-7-11(18-12(17-10)15-8-16-18)14-5-6-19-9-3-1-2-4-9/h7-9,14H,1-6H2. The first-order valence-corrected chi connectivity index (χ1v) is 6.92. The van der Waals surface area contributed by atoms with Gasteiger partial charge < -0.3 is 10.1 Å². The Balaban J connectivity index is 1.57. The van der Waals surface area contributed by atoms with Crippen LogP contribution < -0.4 is 5.32 Å². The lowest BCUT2D eigenvalue weighted by Gasteiger charge is -2.12. The molecule has 0 aliphatic heterocycles. The minimum Gasteiger partial charge on any atom is -0.376 e. The van der Waals surface area contributed by atoms with Crippen molar-refractivity contribution in [3.05, 3.63) is 17.5 Å². The molecule has 1 saturated carbocycles. The SMILES string of the molecule is Clc1cc(NCCOC2CCCC2)n2ncnc2n1. The second kappa shape index (κ2) is 5.71. The molecule has 0 amide bonds. The van der Waals surface area contributed by atoms with Crippen LogP contribution in [-0.2, 0) is 4.74 Å². The molecule has 0 bridgehead atoms. The number of aromatic nitrogens is 4. The molecule has 0 unspecified atom stereocenters. The van der Waals surface area contributed by atoms with E-state index in [4.69, 9.17) is 16.3 Å². The summed E-state index contributed by atoms with van der Waals surface area (Å²) in [5, 5.41) is 7.75. The van der Waals surface area contributed by atoms with Crippen molar-refractivity contribution in [3.8, 4) is 0 Å². The summed E-state index contributed by atoms with van der Waals surface area (Å²) in [6.45, 7) is 1.40. The van der Waals surface area contributed by atoms with Gasteiger partial charge in [-0.1, -0.05) is 24.4 Å². The van der Waals surface area contributed by atoms with E-state index in [1.807, 2.05) is 0 Å². The lowest BCUT2D eigenvalue weighted by Crippen LogP contribution is -2.16. The van der Waals surface area contributed by atoms with E-state index in [2.05, 4.69) is 20.4 Å². The highest BCUT2D eigenvalue weighted by atomic mass is 35.5. The van der Waals surface area contributed by atoms with Crippen LogP contribution in [0.5, 0.6) is 0 Å². The van der Waals surface area contributed by atoms with Gasteiger partial charge >= 0.3 is 0 Å². The molecular formula is C12H16ClN5O. The van der Waals surface area contributed by atoms with Crippen molar-refractivity contribution in [2.45, 2.75) is 31.8 Å². The fraction of sp³-hybridized carbons (Fsp3) is 0.583. The van der Waals surface area contributed by atoms with Gasteiger partial charge in [0.05, 0.1) is 12.7 Å². The van der Waals surface area contributed by atoms with Gasteiger partial charge in [0.25, 0.3) is 5.78 Å². The van der Waals surface area contributed by atoms with Gasteiger partial charge in [0.1, 0.15) is 17.3 Å². The first kappa shape index (κ1) is 12.6. The fourth-order valence-electron chi connectivity index (χ4n) is 2.37. The van der Waals surface area contributed by atoms with E-state index in [0.29, 0.717) is 30.2 Å². The maximum Gasteiger partial charge on any atom is 0.255 e. The second-order valence-electron chi connectivity index (χ2n) is 4.64. The maximum absolute atomic E-state index is 5.93. The third kappa shape index (κ3) is 2.96. The fourth-order valence-corrected chi connectivity index (χ4v) is 2.55. The Morgan fingerprint density at radius 1 is 1.42 bits per heavy atom. The van der Waals surface area contributed by atoms with Crippen molar-refractivity contribution in [2.24, 2.45) is 0 Å². The summed E-state index contributed by atoms with van der Waals surface area (Å²) in [7, 11) is 0. The molecule has 3 rings (SSSR count). The van der Waals surface area contributed by atoms with Gasteiger partial charge in [-0.15, -0.1) is 0 Å². The van der Waals surface area contributed by atoms with Gasteiger partial charge in [-0.25, -0.2) is 0 Å². The Kier molecular flexibility index (Phi) is 3.79. The molecule has 19 heavy (non-hydrogen) atoms. The highest BCUT2D eigenvalue weighted by Gasteiger charge is 2.14. The highest BCUT2D eigenvalue weighted by molar-refractivity contribution is 6.29. The van der Waals surface area contributed by atoms with Gasteiger partial charge in [-0.2, -0.15) is 19.6 Å². The van der Waals surface area contributed by atoms with E-state index >= 15 is 0 Å². The largest absolute Gasteiger partial charge is 0.376 e. The van der Waals surface area contributed by atoms with Crippen LogP contribution in [0.4, 0.5) is 5.82 Å². The summed E-state index contributed by atoms with van der Waals surface area (Å²) in [4.78, 5) is 8.09. The third-order valence-corrected chi connectivity index (χ3v) is 3.48. The quantitative estimate of drug-likeness (QED) is 0.672. The molecule has 0 aromatic carbocycles. The van der Waals surface area contributed by atoms with Gasteiger partial charge in [0.2, 0.25) is 0 Å². The number of hydrogen-bond donors (Lipinski definition) is 1. The Morgan fingerprint density at radius 3 is 3.11 bits per heavy atom. The zero-order chi connectivity index (χ0) is 13.1. The van der Waals surface area contributed by atoms with E-state index in [0.717, 1.165) is 5.82 Å². The molecule has 0 saturated heterocycles. The topological polar surface area (TPSA) is 64.3 Å². The molecule has 6 nitrogen and oxygen atoms in total. The van der Waals surface area contributed by atoms with Crippen LogP contribution in [0.15, 0.2) is 12.4 Å². The molecule has 102 valence electrons. The van der Waals surface area contributed by atoms with Crippen molar-refractivity contribution in [1.29, 1.82) is 0 Å². The number of anilines is 1. The van der Waals surface area contributed by atoms with Crippen LogP contribution in [0, 0.1) is 0 Å². The van der Waals surface area contributed by atoms with Crippen molar-refractivity contribution < 1.29 is 4.74 Å². The number of rotatable bonds is 5. The van der Waals surface area contributed by atoms with Gasteiger partial charge in [0.15, 0.2) is 0 Å². The van der Waals surface area contributed by atoms with Crippen LogP contribution >= 0.6 is 11.6 Å². The average Bonchev–Trinajstić information content (AvgIpc) is 3.04. The van der Waals surface area contributed by atoms with Crippen LogP contribution in [0.3, 0.4) is 0 Å². The highest BCUT2D eigenvalue weighted by Crippen LogP contribution is 2.20. The molecule has 0 spiro atoms. The Bertz CT molecular complexity index is 552. The number of halogens is 1.